The van der Waals surface area contributed by atoms with Gasteiger partial charge in [-0.15, -0.1) is 0 Å². The van der Waals surface area contributed by atoms with Crippen molar-refractivity contribution in [3.8, 4) is 5.75 Å². The number of nitrogens with one attached hydrogen (secondary N) is 2. The molecule has 3 saturated heterocycles. The Balaban J connectivity index is 1.05. The summed E-state index contributed by atoms with van der Waals surface area (Å²) in [7, 11) is 3.77. The fourth-order valence-corrected chi connectivity index (χ4v) is 6.71. The lowest BCUT2D eigenvalue weighted by atomic mass is 9.96. The molecule has 3 aromatic rings. The number of likely N-dealkylation sites (N-methyl/N-ethyl adjacent to an activating group) is 1. The van der Waals surface area contributed by atoms with Crippen LogP contribution >= 0.6 is 0 Å². The molecule has 4 heterocycles. The Hall–Kier alpha value is -4.11. The lowest BCUT2D eigenvalue weighted by Crippen LogP contribution is -2.50. The molecule has 2 aromatic carbocycles. The standard InChI is InChI=1S/C33H40N6O3/c1-22-29(5-4-6-30(22)42-3)33(41)36-25-19-27-12-13-28(20-25)39(27)31-14-7-23(21-34-31)32(40)35-24-8-10-26(11-9-24)38-17-15-37(2)16-18-38/h4-11,14,21,25,27-28H,12-13,15-20H2,1-3H3,(H,35,40)(H,36,41). The number of piperidine rings is 1. The molecule has 220 valence electrons. The second-order valence-electron chi connectivity index (χ2n) is 11.8. The maximum absolute atomic E-state index is 13.1. The van der Waals surface area contributed by atoms with Gasteiger partial charge in [0.05, 0.1) is 12.7 Å². The molecule has 2 N–H and O–H groups in total. The number of hydrogen-bond donors (Lipinski definition) is 2. The van der Waals surface area contributed by atoms with Crippen molar-refractivity contribution >= 4 is 29.0 Å². The molecular formula is C33H40N6O3. The van der Waals surface area contributed by atoms with Gasteiger partial charge in [0.1, 0.15) is 11.6 Å². The van der Waals surface area contributed by atoms with E-state index >= 15 is 0 Å². The van der Waals surface area contributed by atoms with Crippen LogP contribution < -0.4 is 25.2 Å². The number of fused-ring (bicyclic) bond motifs is 2. The Morgan fingerprint density at radius 2 is 1.62 bits per heavy atom. The summed E-state index contributed by atoms with van der Waals surface area (Å²) in [5.74, 6) is 1.40. The number of carbonyl (C=O) groups excluding carboxylic acids is 2. The SMILES string of the molecule is COc1cccc(C(=O)NC2CC3CCC(C2)N3c2ccc(C(=O)Nc3ccc(N4CCN(C)CC4)cc3)cn2)c1C. The number of aromatic nitrogens is 1. The monoisotopic (exact) mass is 568 g/mol. The summed E-state index contributed by atoms with van der Waals surface area (Å²) < 4.78 is 5.39. The molecule has 0 radical (unpaired) electrons. The van der Waals surface area contributed by atoms with Crippen molar-refractivity contribution in [3.05, 3.63) is 77.5 Å². The summed E-state index contributed by atoms with van der Waals surface area (Å²) >= 11 is 0. The van der Waals surface area contributed by atoms with Crippen molar-refractivity contribution in [1.29, 1.82) is 0 Å². The minimum Gasteiger partial charge on any atom is -0.496 e. The smallest absolute Gasteiger partial charge is 0.257 e. The van der Waals surface area contributed by atoms with Crippen LogP contribution in [-0.2, 0) is 0 Å². The van der Waals surface area contributed by atoms with E-state index in [-0.39, 0.29) is 17.9 Å². The first-order valence-corrected chi connectivity index (χ1v) is 14.9. The number of anilines is 3. The van der Waals surface area contributed by atoms with Crippen molar-refractivity contribution in [2.75, 3.05) is 55.5 Å². The van der Waals surface area contributed by atoms with Gasteiger partial charge in [0.15, 0.2) is 0 Å². The predicted octanol–water partition coefficient (Wildman–Crippen LogP) is 4.33. The van der Waals surface area contributed by atoms with Crippen LogP contribution in [0.1, 0.15) is 52.0 Å². The van der Waals surface area contributed by atoms with Crippen molar-refractivity contribution < 1.29 is 14.3 Å². The summed E-state index contributed by atoms with van der Waals surface area (Å²) in [5, 5.41) is 6.28. The summed E-state index contributed by atoms with van der Waals surface area (Å²) in [4.78, 5) is 37.9. The lowest BCUT2D eigenvalue weighted by molar-refractivity contribution is 0.0925. The number of methoxy groups -OCH3 is 1. The van der Waals surface area contributed by atoms with Crippen LogP contribution in [0.4, 0.5) is 17.2 Å². The number of rotatable bonds is 7. The Kier molecular flexibility index (Phi) is 8.02. The predicted molar refractivity (Wildman–Crippen MR) is 166 cm³/mol. The second kappa shape index (κ2) is 12.0. The van der Waals surface area contributed by atoms with Crippen molar-refractivity contribution in [1.82, 2.24) is 15.2 Å². The quantitative estimate of drug-likeness (QED) is 0.439. The van der Waals surface area contributed by atoms with Gasteiger partial charge < -0.3 is 30.1 Å². The largest absolute Gasteiger partial charge is 0.496 e. The molecule has 1 aromatic heterocycles. The van der Waals surface area contributed by atoms with E-state index in [1.807, 2.05) is 49.4 Å². The van der Waals surface area contributed by atoms with Gasteiger partial charge in [0, 0.05) is 73.0 Å². The molecule has 0 aliphatic carbocycles. The number of nitrogens with zero attached hydrogens (tertiary/aromatic N) is 4. The molecule has 2 atom stereocenters. The average Bonchev–Trinajstić information content (AvgIpc) is 3.27. The zero-order valence-electron chi connectivity index (χ0n) is 24.7. The minimum absolute atomic E-state index is 0.0493. The number of piperazine rings is 1. The molecule has 3 aliphatic heterocycles. The molecule has 9 heteroatoms. The fourth-order valence-electron chi connectivity index (χ4n) is 6.71. The normalized spacial score (nSPS) is 22.1. The second-order valence-corrected chi connectivity index (χ2v) is 11.8. The van der Waals surface area contributed by atoms with Crippen molar-refractivity contribution in [2.45, 2.75) is 50.7 Å². The van der Waals surface area contributed by atoms with E-state index in [1.54, 1.807) is 13.3 Å². The summed E-state index contributed by atoms with van der Waals surface area (Å²) in [6.45, 7) is 6.05. The third kappa shape index (κ3) is 5.79. The Labute approximate surface area is 247 Å². The van der Waals surface area contributed by atoms with E-state index in [0.717, 1.165) is 74.7 Å². The van der Waals surface area contributed by atoms with Gasteiger partial charge in [-0.1, -0.05) is 6.07 Å². The zero-order valence-corrected chi connectivity index (χ0v) is 24.7. The van der Waals surface area contributed by atoms with E-state index in [0.29, 0.717) is 23.2 Å². The molecule has 0 saturated carbocycles. The topological polar surface area (TPSA) is 90.0 Å². The van der Waals surface area contributed by atoms with E-state index in [1.165, 1.54) is 5.69 Å². The molecule has 2 bridgehead atoms. The van der Waals surface area contributed by atoms with Gasteiger partial charge in [-0.25, -0.2) is 4.98 Å². The number of pyridine rings is 1. The average molecular weight is 569 g/mol. The number of amides is 2. The zero-order chi connectivity index (χ0) is 29.2. The first kappa shape index (κ1) is 28.0. The van der Waals surface area contributed by atoms with Crippen LogP contribution in [-0.4, -0.2) is 80.2 Å². The summed E-state index contributed by atoms with van der Waals surface area (Å²) in [5.41, 5.74) is 4.00. The summed E-state index contributed by atoms with van der Waals surface area (Å²) in [6.07, 6.45) is 5.56. The van der Waals surface area contributed by atoms with Crippen LogP contribution in [0.3, 0.4) is 0 Å². The first-order valence-electron chi connectivity index (χ1n) is 14.9. The van der Waals surface area contributed by atoms with Gasteiger partial charge >= 0.3 is 0 Å². The fraction of sp³-hybridized carbons (Fsp3) is 0.424. The highest BCUT2D eigenvalue weighted by Crippen LogP contribution is 2.39. The maximum Gasteiger partial charge on any atom is 0.257 e. The van der Waals surface area contributed by atoms with E-state index < -0.39 is 0 Å². The maximum atomic E-state index is 13.1. The van der Waals surface area contributed by atoms with Gasteiger partial charge in [-0.3, -0.25) is 9.59 Å². The highest BCUT2D eigenvalue weighted by atomic mass is 16.5. The highest BCUT2D eigenvalue weighted by molar-refractivity contribution is 6.04. The highest BCUT2D eigenvalue weighted by Gasteiger charge is 2.42. The van der Waals surface area contributed by atoms with Gasteiger partial charge in [-0.2, -0.15) is 0 Å². The number of benzene rings is 2. The molecule has 2 unspecified atom stereocenters. The molecule has 0 spiro atoms. The Morgan fingerprint density at radius 1 is 0.905 bits per heavy atom. The number of hydrogen-bond acceptors (Lipinski definition) is 7. The number of ether oxygens (including phenoxy) is 1. The van der Waals surface area contributed by atoms with Crippen LogP contribution in [0.5, 0.6) is 5.75 Å². The third-order valence-electron chi connectivity index (χ3n) is 9.09. The Morgan fingerprint density at radius 3 is 2.26 bits per heavy atom. The van der Waals surface area contributed by atoms with E-state index in [2.05, 4.69) is 44.5 Å². The molecular weight excluding hydrogens is 528 g/mol. The molecule has 2 amide bonds. The third-order valence-corrected chi connectivity index (χ3v) is 9.09. The van der Waals surface area contributed by atoms with Crippen molar-refractivity contribution in [2.24, 2.45) is 0 Å². The molecule has 42 heavy (non-hydrogen) atoms. The van der Waals surface area contributed by atoms with E-state index in [9.17, 15) is 9.59 Å². The van der Waals surface area contributed by atoms with Gasteiger partial charge in [0.25, 0.3) is 11.8 Å². The first-order chi connectivity index (χ1) is 20.4. The Bertz CT molecular complexity index is 1400. The number of carbonyl (C=O) groups is 2. The van der Waals surface area contributed by atoms with E-state index in [4.69, 9.17) is 9.72 Å². The van der Waals surface area contributed by atoms with Crippen LogP contribution in [0, 0.1) is 6.92 Å². The van der Waals surface area contributed by atoms with Crippen LogP contribution in [0.25, 0.3) is 0 Å². The van der Waals surface area contributed by atoms with Crippen LogP contribution in [0.2, 0.25) is 0 Å². The lowest BCUT2D eigenvalue weighted by Gasteiger charge is -2.40. The summed E-state index contributed by atoms with van der Waals surface area (Å²) in [6, 6.07) is 18.2. The van der Waals surface area contributed by atoms with Gasteiger partial charge in [0.2, 0.25) is 0 Å². The minimum atomic E-state index is -0.168. The van der Waals surface area contributed by atoms with Crippen LogP contribution in [0.15, 0.2) is 60.8 Å². The van der Waals surface area contributed by atoms with Gasteiger partial charge in [-0.05, 0) is 88.2 Å². The molecule has 3 fully saturated rings. The van der Waals surface area contributed by atoms with Crippen molar-refractivity contribution in [3.63, 3.8) is 0 Å². The molecule has 6 rings (SSSR count). The molecule has 9 nitrogen and oxygen atoms in total. The molecule has 3 aliphatic rings.